The molecule has 0 aromatic heterocycles. The third kappa shape index (κ3) is 6.30. The van der Waals surface area contributed by atoms with Gasteiger partial charge in [-0.1, -0.05) is 12.2 Å². The normalized spacial score (nSPS) is 18.2. The van der Waals surface area contributed by atoms with Crippen LogP contribution in [0.3, 0.4) is 0 Å². The largest absolute Gasteiger partial charge is 0.503 e. The predicted molar refractivity (Wildman–Crippen MR) is 79.6 cm³/mol. The van der Waals surface area contributed by atoms with Gasteiger partial charge in [-0.05, 0) is 12.8 Å². The summed E-state index contributed by atoms with van der Waals surface area (Å²) in [5, 5.41) is 0. The summed E-state index contributed by atoms with van der Waals surface area (Å²) in [6, 6.07) is 0.623. The van der Waals surface area contributed by atoms with Crippen molar-refractivity contribution >= 4 is 8.80 Å². The van der Waals surface area contributed by atoms with Crippen LogP contribution >= 0.6 is 0 Å². The van der Waals surface area contributed by atoms with Crippen molar-refractivity contribution in [2.75, 3.05) is 34.0 Å². The number of rotatable bonds is 13. The van der Waals surface area contributed by atoms with E-state index < -0.39 is 8.80 Å². The van der Waals surface area contributed by atoms with E-state index in [0.717, 1.165) is 19.4 Å². The standard InChI is InChI=1S/C14H26O5Si/c1-5-7-13(8-6-2)19-20(15-3,16-4)10-9-17-11-14-12-18-14/h5-6,13-14H,1-2,7-12H2,3-4H3. The fourth-order valence-electron chi connectivity index (χ4n) is 1.84. The van der Waals surface area contributed by atoms with E-state index in [1.807, 2.05) is 12.2 Å². The molecule has 0 N–H and O–H groups in total. The second-order valence-corrected chi connectivity index (χ2v) is 7.58. The van der Waals surface area contributed by atoms with E-state index in [0.29, 0.717) is 19.3 Å². The highest BCUT2D eigenvalue weighted by atomic mass is 28.4. The minimum Gasteiger partial charge on any atom is -0.379 e. The van der Waals surface area contributed by atoms with E-state index in [-0.39, 0.29) is 12.2 Å². The molecule has 0 radical (unpaired) electrons. The van der Waals surface area contributed by atoms with Crippen LogP contribution in [0, 0.1) is 0 Å². The van der Waals surface area contributed by atoms with Crippen LogP contribution < -0.4 is 0 Å². The van der Waals surface area contributed by atoms with Gasteiger partial charge in [0, 0.05) is 20.3 Å². The molecule has 0 saturated carbocycles. The van der Waals surface area contributed by atoms with Gasteiger partial charge in [-0.25, -0.2) is 0 Å². The maximum Gasteiger partial charge on any atom is 0.503 e. The predicted octanol–water partition coefficient (Wildman–Crippen LogP) is 2.17. The molecule has 0 aliphatic carbocycles. The zero-order valence-electron chi connectivity index (χ0n) is 12.5. The number of epoxide rings is 1. The lowest BCUT2D eigenvalue weighted by Gasteiger charge is -2.30. The first-order chi connectivity index (χ1) is 9.69. The van der Waals surface area contributed by atoms with Crippen molar-refractivity contribution in [3.05, 3.63) is 25.3 Å². The molecular weight excluding hydrogens is 276 g/mol. The Morgan fingerprint density at radius 2 is 1.85 bits per heavy atom. The Morgan fingerprint density at radius 1 is 1.25 bits per heavy atom. The molecule has 1 aliphatic heterocycles. The van der Waals surface area contributed by atoms with Crippen LogP contribution in [0.15, 0.2) is 25.3 Å². The third-order valence-corrected chi connectivity index (χ3v) is 5.84. The molecule has 1 fully saturated rings. The van der Waals surface area contributed by atoms with Gasteiger partial charge < -0.3 is 22.8 Å². The Hall–Kier alpha value is -0.503. The van der Waals surface area contributed by atoms with Gasteiger partial charge in [-0.3, -0.25) is 0 Å². The molecule has 0 aromatic rings. The van der Waals surface area contributed by atoms with Gasteiger partial charge in [-0.2, -0.15) is 0 Å². The van der Waals surface area contributed by atoms with Gasteiger partial charge in [0.1, 0.15) is 6.10 Å². The van der Waals surface area contributed by atoms with E-state index in [1.165, 1.54) is 0 Å². The van der Waals surface area contributed by atoms with E-state index >= 15 is 0 Å². The summed E-state index contributed by atoms with van der Waals surface area (Å²) in [5.41, 5.74) is 0. The smallest absolute Gasteiger partial charge is 0.379 e. The Bertz CT molecular complexity index is 279. The van der Waals surface area contributed by atoms with Crippen LogP contribution in [0.5, 0.6) is 0 Å². The molecule has 1 aliphatic rings. The average molecular weight is 302 g/mol. The molecule has 1 unspecified atom stereocenters. The topological polar surface area (TPSA) is 49.5 Å². The van der Waals surface area contributed by atoms with E-state index in [2.05, 4.69) is 13.2 Å². The number of ether oxygens (including phenoxy) is 2. The van der Waals surface area contributed by atoms with Gasteiger partial charge in [0.2, 0.25) is 0 Å². The van der Waals surface area contributed by atoms with Crippen molar-refractivity contribution in [2.45, 2.75) is 31.1 Å². The van der Waals surface area contributed by atoms with Crippen molar-refractivity contribution in [3.63, 3.8) is 0 Å². The van der Waals surface area contributed by atoms with Gasteiger partial charge in [0.25, 0.3) is 0 Å². The van der Waals surface area contributed by atoms with Gasteiger partial charge in [0.05, 0.1) is 25.9 Å². The van der Waals surface area contributed by atoms with Crippen LogP contribution in [0.4, 0.5) is 0 Å². The number of hydrogen-bond donors (Lipinski definition) is 0. The van der Waals surface area contributed by atoms with Crippen molar-refractivity contribution in [2.24, 2.45) is 0 Å². The highest BCUT2D eigenvalue weighted by Gasteiger charge is 2.41. The van der Waals surface area contributed by atoms with E-state index in [1.54, 1.807) is 14.2 Å². The minimum atomic E-state index is -2.69. The summed E-state index contributed by atoms with van der Waals surface area (Å²) in [6.45, 7) is 9.46. The summed E-state index contributed by atoms with van der Waals surface area (Å²) < 4.78 is 27.8. The van der Waals surface area contributed by atoms with Gasteiger partial charge >= 0.3 is 8.80 Å². The second kappa shape index (κ2) is 9.44. The molecule has 1 saturated heterocycles. The van der Waals surface area contributed by atoms with Crippen molar-refractivity contribution in [1.29, 1.82) is 0 Å². The molecule has 20 heavy (non-hydrogen) atoms. The van der Waals surface area contributed by atoms with Crippen LogP contribution in [0.2, 0.25) is 6.04 Å². The average Bonchev–Trinajstić information content (AvgIpc) is 3.27. The summed E-state index contributed by atoms with van der Waals surface area (Å²) in [7, 11) is 0.553. The monoisotopic (exact) mass is 302 g/mol. The van der Waals surface area contributed by atoms with Crippen LogP contribution in [0.1, 0.15) is 12.8 Å². The molecule has 1 heterocycles. The lowest BCUT2D eigenvalue weighted by Crippen LogP contribution is -2.47. The van der Waals surface area contributed by atoms with Crippen molar-refractivity contribution in [1.82, 2.24) is 0 Å². The maximum atomic E-state index is 6.08. The quantitative estimate of drug-likeness (QED) is 0.226. The number of hydrogen-bond acceptors (Lipinski definition) is 5. The third-order valence-electron chi connectivity index (χ3n) is 3.09. The van der Waals surface area contributed by atoms with Gasteiger partial charge in [0.15, 0.2) is 0 Å². The molecule has 116 valence electrons. The highest BCUT2D eigenvalue weighted by Crippen LogP contribution is 2.20. The fourth-order valence-corrected chi connectivity index (χ4v) is 3.82. The molecule has 1 rings (SSSR count). The molecule has 0 bridgehead atoms. The summed E-state index contributed by atoms with van der Waals surface area (Å²) in [5.74, 6) is 0. The Balaban J connectivity index is 2.43. The summed E-state index contributed by atoms with van der Waals surface area (Å²) >= 11 is 0. The minimum absolute atomic E-state index is 0.0108. The van der Waals surface area contributed by atoms with Crippen LogP contribution in [0.25, 0.3) is 0 Å². The van der Waals surface area contributed by atoms with E-state index in [4.69, 9.17) is 22.8 Å². The fraction of sp³-hybridized carbons (Fsp3) is 0.714. The lowest BCUT2D eigenvalue weighted by molar-refractivity contribution is 0.0452. The van der Waals surface area contributed by atoms with E-state index in [9.17, 15) is 0 Å². The molecule has 0 aromatic carbocycles. The molecule has 5 nitrogen and oxygen atoms in total. The summed E-state index contributed by atoms with van der Waals surface area (Å²) in [6.07, 6.45) is 5.41. The highest BCUT2D eigenvalue weighted by molar-refractivity contribution is 6.60. The van der Waals surface area contributed by atoms with Crippen molar-refractivity contribution < 1.29 is 22.8 Å². The lowest BCUT2D eigenvalue weighted by atomic mass is 10.2. The second-order valence-electron chi connectivity index (χ2n) is 4.66. The summed E-state index contributed by atoms with van der Waals surface area (Å²) in [4.78, 5) is 0. The Labute approximate surface area is 122 Å². The molecule has 0 amide bonds. The zero-order valence-corrected chi connectivity index (χ0v) is 13.5. The van der Waals surface area contributed by atoms with Crippen molar-refractivity contribution in [3.8, 4) is 0 Å². The van der Waals surface area contributed by atoms with Gasteiger partial charge in [-0.15, -0.1) is 13.2 Å². The first-order valence-electron chi connectivity index (χ1n) is 6.89. The Morgan fingerprint density at radius 3 is 2.30 bits per heavy atom. The molecule has 0 spiro atoms. The first kappa shape index (κ1) is 17.5. The molecule has 6 heteroatoms. The molecular formula is C14H26O5Si. The van der Waals surface area contributed by atoms with Crippen LogP contribution in [-0.4, -0.2) is 55.1 Å². The SMILES string of the molecule is C=CCC(CC=C)O[Si](CCOCC1CO1)(OC)OC. The first-order valence-corrected chi connectivity index (χ1v) is 8.82. The maximum absolute atomic E-state index is 6.08. The molecule has 1 atom stereocenters. The zero-order chi connectivity index (χ0) is 14.8. The van der Waals surface area contributed by atoms with Crippen LogP contribution in [-0.2, 0) is 22.8 Å². The Kier molecular flexibility index (Phi) is 8.28.